The van der Waals surface area contributed by atoms with Gasteiger partial charge in [-0.3, -0.25) is 4.79 Å². The van der Waals surface area contributed by atoms with Gasteiger partial charge in [0.15, 0.2) is 0 Å². The Labute approximate surface area is 129 Å². The maximum Gasteiger partial charge on any atom is 0.220 e. The van der Waals surface area contributed by atoms with Crippen LogP contribution >= 0.6 is 24.8 Å². The zero-order valence-electron chi connectivity index (χ0n) is 12.3. The molecule has 2 N–H and O–H groups in total. The summed E-state index contributed by atoms with van der Waals surface area (Å²) >= 11 is 0. The first kappa shape index (κ1) is 21.3. The molecular weight excluding hydrogens is 285 g/mol. The van der Waals surface area contributed by atoms with E-state index in [-0.39, 0.29) is 30.7 Å². The summed E-state index contributed by atoms with van der Waals surface area (Å²) < 4.78 is 0. The lowest BCUT2D eigenvalue weighted by atomic mass is 10.0. The number of carbonyl (C=O) groups is 1. The van der Waals surface area contributed by atoms with Gasteiger partial charge in [0.05, 0.1) is 0 Å². The zero-order valence-corrected chi connectivity index (χ0v) is 13.9. The van der Waals surface area contributed by atoms with Gasteiger partial charge < -0.3 is 15.5 Å². The monoisotopic (exact) mass is 313 g/mol. The second-order valence-corrected chi connectivity index (χ2v) is 5.15. The molecule has 1 aliphatic heterocycles. The van der Waals surface area contributed by atoms with Crippen LogP contribution in [0.15, 0.2) is 0 Å². The lowest BCUT2D eigenvalue weighted by molar-refractivity contribution is -0.121. The van der Waals surface area contributed by atoms with Crippen LogP contribution in [0.25, 0.3) is 0 Å². The van der Waals surface area contributed by atoms with E-state index < -0.39 is 0 Å². The van der Waals surface area contributed by atoms with Crippen molar-refractivity contribution in [2.45, 2.75) is 39.2 Å². The third-order valence-electron chi connectivity index (χ3n) is 3.77. The standard InChI is InChI=1S/C13H27N3O.2ClH/c1-4-11(2)16(3)8-7-15-13(17)9-12-5-6-14-10-12;;/h11-12,14H,4-10H2,1-3H3,(H,15,17);2*1H. The highest BCUT2D eigenvalue weighted by Crippen LogP contribution is 2.11. The first-order valence-corrected chi connectivity index (χ1v) is 6.81. The number of carbonyl (C=O) groups excluding carboxylic acids is 1. The molecule has 19 heavy (non-hydrogen) atoms. The highest BCUT2D eigenvalue weighted by molar-refractivity contribution is 5.85. The van der Waals surface area contributed by atoms with Crippen molar-refractivity contribution in [3.8, 4) is 0 Å². The van der Waals surface area contributed by atoms with Crippen LogP contribution in [0.5, 0.6) is 0 Å². The molecule has 1 rings (SSSR count). The van der Waals surface area contributed by atoms with Gasteiger partial charge in [0, 0.05) is 25.6 Å². The van der Waals surface area contributed by atoms with Gasteiger partial charge in [-0.05, 0) is 45.8 Å². The molecule has 116 valence electrons. The van der Waals surface area contributed by atoms with Crippen molar-refractivity contribution >= 4 is 30.7 Å². The van der Waals surface area contributed by atoms with Crippen molar-refractivity contribution < 1.29 is 4.79 Å². The normalized spacial score (nSPS) is 19.5. The average Bonchev–Trinajstić information content (AvgIpc) is 2.80. The first-order valence-electron chi connectivity index (χ1n) is 6.81. The molecule has 0 radical (unpaired) electrons. The maximum absolute atomic E-state index is 11.7. The summed E-state index contributed by atoms with van der Waals surface area (Å²) in [5.41, 5.74) is 0. The minimum atomic E-state index is 0. The van der Waals surface area contributed by atoms with E-state index in [4.69, 9.17) is 0 Å². The molecule has 0 bridgehead atoms. The predicted octanol–water partition coefficient (Wildman–Crippen LogP) is 1.68. The molecule has 0 saturated carbocycles. The van der Waals surface area contributed by atoms with Crippen molar-refractivity contribution in [2.75, 3.05) is 33.2 Å². The second-order valence-electron chi connectivity index (χ2n) is 5.15. The Bertz CT molecular complexity index is 236. The van der Waals surface area contributed by atoms with E-state index in [1.165, 1.54) is 0 Å². The van der Waals surface area contributed by atoms with E-state index in [0.717, 1.165) is 39.0 Å². The van der Waals surface area contributed by atoms with Crippen LogP contribution in [0.3, 0.4) is 0 Å². The topological polar surface area (TPSA) is 44.4 Å². The van der Waals surface area contributed by atoms with Crippen LogP contribution < -0.4 is 10.6 Å². The third kappa shape index (κ3) is 8.69. The highest BCUT2D eigenvalue weighted by Gasteiger charge is 2.17. The first-order chi connectivity index (χ1) is 8.13. The maximum atomic E-state index is 11.7. The molecule has 1 aliphatic rings. The highest BCUT2D eigenvalue weighted by atomic mass is 35.5. The number of likely N-dealkylation sites (N-methyl/N-ethyl adjacent to an activating group) is 1. The molecule has 4 nitrogen and oxygen atoms in total. The fourth-order valence-corrected chi connectivity index (χ4v) is 2.13. The summed E-state index contributed by atoms with van der Waals surface area (Å²) in [5, 5.41) is 6.30. The number of hydrogen-bond donors (Lipinski definition) is 2. The van der Waals surface area contributed by atoms with Gasteiger partial charge in [-0.25, -0.2) is 0 Å². The summed E-state index contributed by atoms with van der Waals surface area (Å²) in [6.45, 7) is 8.16. The minimum Gasteiger partial charge on any atom is -0.355 e. The van der Waals surface area contributed by atoms with Crippen LogP contribution in [0.4, 0.5) is 0 Å². The van der Waals surface area contributed by atoms with Crippen molar-refractivity contribution in [3.63, 3.8) is 0 Å². The summed E-state index contributed by atoms with van der Waals surface area (Å²) in [4.78, 5) is 14.0. The number of nitrogens with zero attached hydrogens (tertiary/aromatic N) is 1. The number of amides is 1. The van der Waals surface area contributed by atoms with Crippen LogP contribution in [0.1, 0.15) is 33.1 Å². The van der Waals surface area contributed by atoms with Crippen molar-refractivity contribution in [1.82, 2.24) is 15.5 Å². The van der Waals surface area contributed by atoms with E-state index in [0.29, 0.717) is 18.4 Å². The third-order valence-corrected chi connectivity index (χ3v) is 3.77. The summed E-state index contributed by atoms with van der Waals surface area (Å²) in [6.07, 6.45) is 2.97. The van der Waals surface area contributed by atoms with Crippen LogP contribution in [0.2, 0.25) is 0 Å². The number of halogens is 2. The fraction of sp³-hybridized carbons (Fsp3) is 0.923. The molecule has 1 amide bonds. The van der Waals surface area contributed by atoms with E-state index in [9.17, 15) is 4.79 Å². The average molecular weight is 314 g/mol. The van der Waals surface area contributed by atoms with Crippen molar-refractivity contribution in [1.29, 1.82) is 0 Å². The van der Waals surface area contributed by atoms with Gasteiger partial charge in [-0.2, -0.15) is 0 Å². The molecule has 0 spiro atoms. The number of nitrogens with one attached hydrogen (secondary N) is 2. The Balaban J connectivity index is 0. The van der Waals surface area contributed by atoms with Crippen LogP contribution in [-0.4, -0.2) is 50.1 Å². The Morgan fingerprint density at radius 3 is 2.68 bits per heavy atom. The Morgan fingerprint density at radius 1 is 1.47 bits per heavy atom. The molecule has 2 atom stereocenters. The van der Waals surface area contributed by atoms with Crippen LogP contribution in [-0.2, 0) is 4.79 Å². The predicted molar refractivity (Wildman–Crippen MR) is 85.5 cm³/mol. The largest absolute Gasteiger partial charge is 0.355 e. The van der Waals surface area contributed by atoms with Gasteiger partial charge in [0.25, 0.3) is 0 Å². The quantitative estimate of drug-likeness (QED) is 0.751. The summed E-state index contributed by atoms with van der Waals surface area (Å²) in [7, 11) is 2.11. The molecular formula is C13H29Cl2N3O. The van der Waals surface area contributed by atoms with E-state index in [1.54, 1.807) is 0 Å². The lowest BCUT2D eigenvalue weighted by Gasteiger charge is -2.23. The zero-order chi connectivity index (χ0) is 12.7. The minimum absolute atomic E-state index is 0. The molecule has 0 aromatic carbocycles. The molecule has 1 heterocycles. The Morgan fingerprint density at radius 2 is 2.16 bits per heavy atom. The SMILES string of the molecule is CCC(C)N(C)CCNC(=O)CC1CCNC1.Cl.Cl. The van der Waals surface area contributed by atoms with Crippen LogP contribution in [0, 0.1) is 5.92 Å². The molecule has 2 unspecified atom stereocenters. The van der Waals surface area contributed by atoms with Crippen molar-refractivity contribution in [2.24, 2.45) is 5.92 Å². The van der Waals surface area contributed by atoms with Gasteiger partial charge in [0.2, 0.25) is 5.91 Å². The lowest BCUT2D eigenvalue weighted by Crippen LogP contribution is -2.37. The second kappa shape index (κ2) is 11.8. The van der Waals surface area contributed by atoms with E-state index in [2.05, 4.69) is 36.4 Å². The molecule has 1 saturated heterocycles. The number of rotatable bonds is 7. The Kier molecular flexibility index (Phi) is 13.2. The molecule has 0 aliphatic carbocycles. The van der Waals surface area contributed by atoms with Gasteiger partial charge in [0.1, 0.15) is 0 Å². The summed E-state index contributed by atoms with van der Waals surface area (Å²) in [5.74, 6) is 0.749. The fourth-order valence-electron chi connectivity index (χ4n) is 2.13. The van der Waals surface area contributed by atoms with E-state index in [1.807, 2.05) is 0 Å². The van der Waals surface area contributed by atoms with Gasteiger partial charge in [-0.15, -0.1) is 24.8 Å². The molecule has 1 fully saturated rings. The Hall–Kier alpha value is -0.0300. The van der Waals surface area contributed by atoms with E-state index >= 15 is 0 Å². The smallest absolute Gasteiger partial charge is 0.220 e. The van der Waals surface area contributed by atoms with Gasteiger partial charge in [-0.1, -0.05) is 6.92 Å². The number of hydrogen-bond acceptors (Lipinski definition) is 3. The molecule has 0 aromatic heterocycles. The molecule has 0 aromatic rings. The molecule has 6 heteroatoms. The van der Waals surface area contributed by atoms with Gasteiger partial charge >= 0.3 is 0 Å². The summed E-state index contributed by atoms with van der Waals surface area (Å²) in [6, 6.07) is 0.589. The van der Waals surface area contributed by atoms with Crippen molar-refractivity contribution in [3.05, 3.63) is 0 Å².